The zero-order chi connectivity index (χ0) is 11.5. The molecule has 1 amide bonds. The summed E-state index contributed by atoms with van der Waals surface area (Å²) in [5.74, 6) is -0.251. The average molecular weight is 213 g/mol. The third-order valence-corrected chi connectivity index (χ3v) is 2.08. The molecule has 0 aromatic carbocycles. The van der Waals surface area contributed by atoms with Gasteiger partial charge < -0.3 is 11.1 Å². The fourth-order valence-corrected chi connectivity index (χ4v) is 1.37. The van der Waals surface area contributed by atoms with Gasteiger partial charge in [0.05, 0.1) is 0 Å². The fourth-order valence-electron chi connectivity index (χ4n) is 1.37. The maximum absolute atomic E-state index is 10.5. The number of rotatable bonds is 10. The highest BCUT2D eigenvalue weighted by Gasteiger charge is 2.00. The number of carbonyl (C=O) groups excluding carboxylic acids is 1. The molecule has 0 unspecified atom stereocenters. The van der Waals surface area contributed by atoms with Gasteiger partial charge in [0, 0.05) is 32.6 Å². The molecule has 0 spiro atoms. The highest BCUT2D eigenvalue weighted by atomic mass is 16.1. The number of nitrogens with zero attached hydrogens (tertiary/aromatic N) is 1. The Morgan fingerprint density at radius 3 is 2.73 bits per heavy atom. The predicted octanol–water partition coefficient (Wildman–Crippen LogP) is 0.349. The molecule has 0 aliphatic carbocycles. The lowest BCUT2D eigenvalue weighted by Crippen LogP contribution is -2.34. The Balaban J connectivity index is 3.43. The molecule has 3 N–H and O–H groups in total. The van der Waals surface area contributed by atoms with E-state index in [-0.39, 0.29) is 5.91 Å². The molecular formula is C11H23N3O. The van der Waals surface area contributed by atoms with Crippen LogP contribution in [-0.4, -0.2) is 43.5 Å². The Labute approximate surface area is 92.5 Å². The van der Waals surface area contributed by atoms with E-state index in [1.165, 1.54) is 0 Å². The third kappa shape index (κ3) is 9.43. The van der Waals surface area contributed by atoms with Crippen LogP contribution in [0.25, 0.3) is 0 Å². The molecule has 0 heterocycles. The van der Waals surface area contributed by atoms with Crippen LogP contribution >= 0.6 is 0 Å². The van der Waals surface area contributed by atoms with Gasteiger partial charge in [-0.1, -0.05) is 13.0 Å². The van der Waals surface area contributed by atoms with Crippen molar-refractivity contribution in [1.82, 2.24) is 10.2 Å². The van der Waals surface area contributed by atoms with Crippen molar-refractivity contribution >= 4 is 5.91 Å². The number of carbonyl (C=O) groups is 1. The first-order valence-electron chi connectivity index (χ1n) is 5.53. The first-order chi connectivity index (χ1) is 7.20. The number of hydrogen-bond acceptors (Lipinski definition) is 3. The Morgan fingerprint density at radius 2 is 2.20 bits per heavy atom. The van der Waals surface area contributed by atoms with Gasteiger partial charge in [0.1, 0.15) is 0 Å². The summed E-state index contributed by atoms with van der Waals surface area (Å²) in [6.45, 7) is 10.4. The van der Waals surface area contributed by atoms with Crippen LogP contribution in [0.1, 0.15) is 19.8 Å². The number of amides is 1. The zero-order valence-electron chi connectivity index (χ0n) is 9.67. The Kier molecular flexibility index (Phi) is 9.11. The summed E-state index contributed by atoms with van der Waals surface area (Å²) >= 11 is 0. The summed E-state index contributed by atoms with van der Waals surface area (Å²) in [5.41, 5.74) is 5.03. The SMILES string of the molecule is C=CCN(CCC)CCNCCC(N)=O. The van der Waals surface area contributed by atoms with Crippen molar-refractivity contribution in [3.05, 3.63) is 12.7 Å². The van der Waals surface area contributed by atoms with Crippen molar-refractivity contribution in [3.63, 3.8) is 0 Å². The molecule has 0 radical (unpaired) electrons. The van der Waals surface area contributed by atoms with Crippen LogP contribution in [0.15, 0.2) is 12.7 Å². The van der Waals surface area contributed by atoms with Gasteiger partial charge in [-0.25, -0.2) is 0 Å². The Morgan fingerprint density at radius 1 is 1.47 bits per heavy atom. The van der Waals surface area contributed by atoms with Gasteiger partial charge in [0.15, 0.2) is 0 Å². The maximum Gasteiger partial charge on any atom is 0.218 e. The third-order valence-electron chi connectivity index (χ3n) is 2.08. The molecule has 0 aliphatic heterocycles. The predicted molar refractivity (Wildman–Crippen MR) is 63.6 cm³/mol. The fraction of sp³-hybridized carbons (Fsp3) is 0.727. The van der Waals surface area contributed by atoms with Gasteiger partial charge in [0.25, 0.3) is 0 Å². The van der Waals surface area contributed by atoms with E-state index in [9.17, 15) is 4.79 Å². The van der Waals surface area contributed by atoms with Crippen LogP contribution in [0.3, 0.4) is 0 Å². The maximum atomic E-state index is 10.5. The van der Waals surface area contributed by atoms with Crippen molar-refractivity contribution in [1.29, 1.82) is 0 Å². The smallest absolute Gasteiger partial charge is 0.218 e. The molecule has 0 saturated heterocycles. The molecular weight excluding hydrogens is 190 g/mol. The van der Waals surface area contributed by atoms with Gasteiger partial charge >= 0.3 is 0 Å². The van der Waals surface area contributed by atoms with Crippen molar-refractivity contribution in [3.8, 4) is 0 Å². The van der Waals surface area contributed by atoms with Crippen LogP contribution in [0.2, 0.25) is 0 Å². The van der Waals surface area contributed by atoms with Gasteiger partial charge in [-0.3, -0.25) is 9.69 Å². The molecule has 0 saturated carbocycles. The topological polar surface area (TPSA) is 58.4 Å². The number of primary amides is 1. The number of nitrogens with two attached hydrogens (primary N) is 1. The van der Waals surface area contributed by atoms with Crippen molar-refractivity contribution in [2.24, 2.45) is 5.73 Å². The van der Waals surface area contributed by atoms with E-state index >= 15 is 0 Å². The molecule has 0 fully saturated rings. The van der Waals surface area contributed by atoms with Crippen LogP contribution < -0.4 is 11.1 Å². The van der Waals surface area contributed by atoms with Gasteiger partial charge in [0.2, 0.25) is 5.91 Å². The van der Waals surface area contributed by atoms with Crippen molar-refractivity contribution < 1.29 is 4.79 Å². The molecule has 0 bridgehead atoms. The average Bonchev–Trinajstić information content (AvgIpc) is 2.17. The van der Waals surface area contributed by atoms with Gasteiger partial charge in [-0.2, -0.15) is 0 Å². The summed E-state index contributed by atoms with van der Waals surface area (Å²) in [6, 6.07) is 0. The van der Waals surface area contributed by atoms with E-state index in [4.69, 9.17) is 5.73 Å². The highest BCUT2D eigenvalue weighted by molar-refractivity contribution is 5.73. The highest BCUT2D eigenvalue weighted by Crippen LogP contribution is 1.90. The summed E-state index contributed by atoms with van der Waals surface area (Å²) in [4.78, 5) is 12.8. The minimum atomic E-state index is -0.251. The molecule has 0 atom stereocenters. The minimum Gasteiger partial charge on any atom is -0.370 e. The summed E-state index contributed by atoms with van der Waals surface area (Å²) in [7, 11) is 0. The molecule has 15 heavy (non-hydrogen) atoms. The number of hydrogen-bond donors (Lipinski definition) is 2. The lowest BCUT2D eigenvalue weighted by atomic mass is 10.3. The van der Waals surface area contributed by atoms with E-state index in [1.807, 2.05) is 6.08 Å². The Hall–Kier alpha value is -0.870. The summed E-state index contributed by atoms with van der Waals surface area (Å²) in [5, 5.41) is 3.19. The summed E-state index contributed by atoms with van der Waals surface area (Å²) < 4.78 is 0. The van der Waals surface area contributed by atoms with Crippen LogP contribution in [0, 0.1) is 0 Å². The quantitative estimate of drug-likeness (QED) is 0.407. The van der Waals surface area contributed by atoms with Crippen LogP contribution in [0.5, 0.6) is 0 Å². The first kappa shape index (κ1) is 14.1. The van der Waals surface area contributed by atoms with Gasteiger partial charge in [-0.15, -0.1) is 6.58 Å². The van der Waals surface area contributed by atoms with Crippen molar-refractivity contribution in [2.45, 2.75) is 19.8 Å². The monoisotopic (exact) mass is 213 g/mol. The number of nitrogens with one attached hydrogen (secondary N) is 1. The lowest BCUT2D eigenvalue weighted by Gasteiger charge is -2.19. The van der Waals surface area contributed by atoms with E-state index in [0.717, 1.165) is 32.6 Å². The molecule has 0 aromatic heterocycles. The lowest BCUT2D eigenvalue weighted by molar-refractivity contribution is -0.117. The van der Waals surface area contributed by atoms with Crippen LogP contribution in [-0.2, 0) is 4.79 Å². The van der Waals surface area contributed by atoms with Gasteiger partial charge in [-0.05, 0) is 13.0 Å². The molecule has 88 valence electrons. The standard InChI is InChI=1S/C11H23N3O/c1-3-8-14(9-4-2)10-7-13-6-5-11(12)15/h3,13H,1,4-10H2,2H3,(H2,12,15). The largest absolute Gasteiger partial charge is 0.370 e. The zero-order valence-corrected chi connectivity index (χ0v) is 9.67. The van der Waals surface area contributed by atoms with Crippen molar-refractivity contribution in [2.75, 3.05) is 32.7 Å². The normalized spacial score (nSPS) is 10.5. The Bertz CT molecular complexity index is 183. The van der Waals surface area contributed by atoms with E-state index in [1.54, 1.807) is 0 Å². The minimum absolute atomic E-state index is 0.251. The van der Waals surface area contributed by atoms with Crippen LogP contribution in [0.4, 0.5) is 0 Å². The molecule has 0 aliphatic rings. The van der Waals surface area contributed by atoms with E-state index in [0.29, 0.717) is 13.0 Å². The summed E-state index contributed by atoms with van der Waals surface area (Å²) in [6.07, 6.45) is 3.48. The second-order valence-electron chi connectivity index (χ2n) is 3.56. The molecule has 4 nitrogen and oxygen atoms in total. The first-order valence-corrected chi connectivity index (χ1v) is 5.53. The van der Waals surface area contributed by atoms with E-state index < -0.39 is 0 Å². The second-order valence-corrected chi connectivity index (χ2v) is 3.56. The van der Waals surface area contributed by atoms with E-state index in [2.05, 4.69) is 23.7 Å². The molecule has 4 heteroatoms. The molecule has 0 aromatic rings. The molecule has 0 rings (SSSR count). The second kappa shape index (κ2) is 9.68.